The van der Waals surface area contributed by atoms with Crippen LogP contribution in [0.1, 0.15) is 33.6 Å². The third-order valence-corrected chi connectivity index (χ3v) is 3.04. The van der Waals surface area contributed by atoms with Crippen molar-refractivity contribution < 1.29 is 24.2 Å². The largest absolute Gasteiger partial charge is 0.481 e. The van der Waals surface area contributed by atoms with E-state index in [1.165, 1.54) is 7.11 Å². The molecule has 0 atom stereocenters. The zero-order valence-electron chi connectivity index (χ0n) is 10.6. The van der Waals surface area contributed by atoms with E-state index in [2.05, 4.69) is 10.5 Å². The highest BCUT2D eigenvalue weighted by atomic mass is 16.5. The number of ketones is 1. The summed E-state index contributed by atoms with van der Waals surface area (Å²) in [7, 11) is 1.22. The number of amides is 1. The lowest BCUT2D eigenvalue weighted by molar-refractivity contribution is -0.171. The van der Waals surface area contributed by atoms with Gasteiger partial charge in [0.05, 0.1) is 12.5 Å². The summed E-state index contributed by atoms with van der Waals surface area (Å²) in [6, 6.07) is 0. The molecule has 0 aromatic rings. The molecule has 0 aliphatic heterocycles. The number of aliphatic carboxylic acids is 1. The van der Waals surface area contributed by atoms with Crippen molar-refractivity contribution in [1.82, 2.24) is 0 Å². The average Bonchev–Trinajstić information content (AvgIpc) is 2.11. The maximum Gasteiger partial charge on any atom is 0.404 e. The van der Waals surface area contributed by atoms with Crippen molar-refractivity contribution in [2.24, 2.45) is 16.6 Å². The highest BCUT2D eigenvalue weighted by Crippen LogP contribution is 2.51. The van der Waals surface area contributed by atoms with Gasteiger partial charge in [0, 0.05) is 12.8 Å². The van der Waals surface area contributed by atoms with Crippen LogP contribution in [0.15, 0.2) is 0 Å². The summed E-state index contributed by atoms with van der Waals surface area (Å²) in [6.07, 6.45) is -0.345. The molecule has 0 saturated heterocycles. The second-order valence-electron chi connectivity index (χ2n) is 5.05. The van der Waals surface area contributed by atoms with Crippen LogP contribution >= 0.6 is 0 Å². The molecule has 0 unspecified atom stereocenters. The number of primary amides is 1. The molecule has 1 amide bonds. The molecular formula is C11H19NO5. The Hall–Kier alpha value is -1.59. The van der Waals surface area contributed by atoms with Gasteiger partial charge in [-0.3, -0.25) is 9.59 Å². The molecule has 0 aromatic carbocycles. The fourth-order valence-electron chi connectivity index (χ4n) is 1.62. The first-order chi connectivity index (χ1) is 7.56. The Morgan fingerprint density at radius 1 is 1.35 bits per heavy atom. The van der Waals surface area contributed by atoms with E-state index in [4.69, 9.17) is 5.11 Å². The van der Waals surface area contributed by atoms with Crippen molar-refractivity contribution in [3.05, 3.63) is 0 Å². The van der Waals surface area contributed by atoms with Gasteiger partial charge in [0.15, 0.2) is 0 Å². The molecule has 98 valence electrons. The summed E-state index contributed by atoms with van der Waals surface area (Å²) < 4.78 is 3.89. The molecule has 1 saturated carbocycles. The predicted octanol–water partition coefficient (Wildman–Crippen LogP) is 1.18. The maximum absolute atomic E-state index is 10.9. The topological polar surface area (TPSA) is 107 Å². The maximum atomic E-state index is 10.9. The number of Topliss-reactive ketones (excluding diaryl/α,β-unsaturated/α-hetero) is 1. The van der Waals surface area contributed by atoms with Crippen LogP contribution in [0.3, 0.4) is 0 Å². The third-order valence-electron chi connectivity index (χ3n) is 3.04. The lowest BCUT2D eigenvalue weighted by Gasteiger charge is -2.46. The number of nitrogens with two attached hydrogens (primary N) is 1. The van der Waals surface area contributed by atoms with Crippen LogP contribution < -0.4 is 5.73 Å². The molecule has 0 spiro atoms. The van der Waals surface area contributed by atoms with Crippen LogP contribution in [0, 0.1) is 10.8 Å². The normalized spacial score (nSPS) is 17.3. The van der Waals surface area contributed by atoms with E-state index >= 15 is 0 Å². The second kappa shape index (κ2) is 5.16. The molecule has 17 heavy (non-hydrogen) atoms. The molecule has 1 fully saturated rings. The fraction of sp³-hybridized carbons (Fsp3) is 0.727. The van der Waals surface area contributed by atoms with E-state index in [0.717, 1.165) is 0 Å². The van der Waals surface area contributed by atoms with Gasteiger partial charge < -0.3 is 15.6 Å². The zero-order valence-corrected chi connectivity index (χ0v) is 10.6. The minimum Gasteiger partial charge on any atom is -0.481 e. The summed E-state index contributed by atoms with van der Waals surface area (Å²) in [5.74, 6) is -0.776. The number of rotatable bonds is 1. The van der Waals surface area contributed by atoms with Gasteiger partial charge in [0.2, 0.25) is 0 Å². The molecule has 3 N–H and O–H groups in total. The van der Waals surface area contributed by atoms with E-state index in [0.29, 0.717) is 0 Å². The molecule has 6 nitrogen and oxygen atoms in total. The Kier molecular flexibility index (Phi) is 4.68. The summed E-state index contributed by atoms with van der Waals surface area (Å²) in [6.45, 7) is 5.61. The Bertz CT molecular complexity index is 321. The van der Waals surface area contributed by atoms with Crippen molar-refractivity contribution in [3.8, 4) is 0 Å². The number of carbonyl (C=O) groups excluding carboxylic acids is 2. The number of carboxylic acids is 1. The van der Waals surface area contributed by atoms with E-state index in [1.54, 1.807) is 0 Å². The van der Waals surface area contributed by atoms with Gasteiger partial charge in [-0.25, -0.2) is 4.79 Å². The van der Waals surface area contributed by atoms with Crippen molar-refractivity contribution in [2.45, 2.75) is 33.6 Å². The second-order valence-corrected chi connectivity index (χ2v) is 5.05. The number of ether oxygens (including phenoxy) is 1. The van der Waals surface area contributed by atoms with Gasteiger partial charge >= 0.3 is 12.1 Å². The molecule has 0 aromatic heterocycles. The molecule has 1 aliphatic carbocycles. The third kappa shape index (κ3) is 3.44. The van der Waals surface area contributed by atoms with Crippen molar-refractivity contribution in [3.63, 3.8) is 0 Å². The van der Waals surface area contributed by atoms with Crippen molar-refractivity contribution in [1.29, 1.82) is 0 Å². The molecule has 6 heteroatoms. The molecule has 1 rings (SSSR count). The van der Waals surface area contributed by atoms with Gasteiger partial charge in [-0.05, 0) is 5.41 Å². The average molecular weight is 245 g/mol. The van der Waals surface area contributed by atoms with Gasteiger partial charge in [-0.15, -0.1) is 0 Å². The quantitative estimate of drug-likeness (QED) is 0.721. The summed E-state index contributed by atoms with van der Waals surface area (Å²) in [5.41, 5.74) is 3.30. The number of hydrogen-bond donors (Lipinski definition) is 2. The standard InChI is InChI=1S/C9H14O3.C2H5NO2/c1-8(2,3)9(7(11)12)4-6(10)5-9;1-5-2(3)4/h4-5H2,1-3H3,(H,11,12);1H3,(H2,3,4). The van der Waals surface area contributed by atoms with Crippen LogP contribution in [0.25, 0.3) is 0 Å². The van der Waals surface area contributed by atoms with Gasteiger partial charge in [-0.1, -0.05) is 20.8 Å². The lowest BCUT2D eigenvalue weighted by atomic mass is 9.54. The fourth-order valence-corrected chi connectivity index (χ4v) is 1.62. The summed E-state index contributed by atoms with van der Waals surface area (Å²) in [4.78, 5) is 31.1. The highest BCUT2D eigenvalue weighted by Gasteiger charge is 2.57. The first-order valence-electron chi connectivity index (χ1n) is 5.15. The number of methoxy groups -OCH3 is 1. The molecular weight excluding hydrogens is 226 g/mol. The van der Waals surface area contributed by atoms with Crippen molar-refractivity contribution in [2.75, 3.05) is 7.11 Å². The van der Waals surface area contributed by atoms with Crippen LogP contribution in [-0.4, -0.2) is 30.1 Å². The van der Waals surface area contributed by atoms with Gasteiger partial charge in [0.1, 0.15) is 5.78 Å². The van der Waals surface area contributed by atoms with E-state index < -0.39 is 17.5 Å². The number of hydrogen-bond acceptors (Lipinski definition) is 4. The van der Waals surface area contributed by atoms with Crippen LogP contribution in [0.2, 0.25) is 0 Å². The highest BCUT2D eigenvalue weighted by molar-refractivity contribution is 5.97. The summed E-state index contributed by atoms with van der Waals surface area (Å²) >= 11 is 0. The van der Waals surface area contributed by atoms with Crippen molar-refractivity contribution >= 4 is 17.8 Å². The SMILES string of the molecule is CC(C)(C)C1(C(=O)O)CC(=O)C1.COC(N)=O. The van der Waals surface area contributed by atoms with Gasteiger partial charge in [-0.2, -0.15) is 0 Å². The Balaban J connectivity index is 0.000000437. The van der Waals surface area contributed by atoms with Crippen LogP contribution in [-0.2, 0) is 14.3 Å². The Morgan fingerprint density at radius 3 is 1.76 bits per heavy atom. The molecule has 0 radical (unpaired) electrons. The van der Waals surface area contributed by atoms with Gasteiger partial charge in [0.25, 0.3) is 0 Å². The Morgan fingerprint density at radius 2 is 1.71 bits per heavy atom. The number of carbonyl (C=O) groups is 3. The van der Waals surface area contributed by atoms with E-state index in [9.17, 15) is 14.4 Å². The van der Waals surface area contributed by atoms with Crippen LogP contribution in [0.4, 0.5) is 4.79 Å². The smallest absolute Gasteiger partial charge is 0.404 e. The first-order valence-corrected chi connectivity index (χ1v) is 5.15. The first kappa shape index (κ1) is 15.4. The lowest BCUT2D eigenvalue weighted by Crippen LogP contribution is -2.52. The predicted molar refractivity (Wildman–Crippen MR) is 60.4 cm³/mol. The minimum absolute atomic E-state index is 0.0623. The molecule has 0 heterocycles. The molecule has 0 bridgehead atoms. The van der Waals surface area contributed by atoms with E-state index in [-0.39, 0.29) is 24.0 Å². The monoisotopic (exact) mass is 245 g/mol. The minimum atomic E-state index is -0.838. The van der Waals surface area contributed by atoms with E-state index in [1.807, 2.05) is 20.8 Å². The van der Waals surface area contributed by atoms with Crippen LogP contribution in [0.5, 0.6) is 0 Å². The Labute approximate surface area is 100 Å². The number of carboxylic acid groups (broad SMARTS) is 1. The molecule has 1 aliphatic rings. The summed E-state index contributed by atoms with van der Waals surface area (Å²) in [5, 5.41) is 8.98. The zero-order chi connectivity index (χ0) is 13.9.